The molecule has 4 N–H and O–H groups in total. The molecule has 1 aromatic heterocycles. The molecule has 1 aromatic carbocycles. The van der Waals surface area contributed by atoms with Crippen LogP contribution in [0.25, 0.3) is 0 Å². The number of para-hydroxylation sites is 1. The second kappa shape index (κ2) is 16.0. The maximum Gasteiger partial charge on any atom is 0.436 e. The Morgan fingerprint density at radius 1 is 1.14 bits per heavy atom. The van der Waals surface area contributed by atoms with Crippen LogP contribution >= 0.6 is 11.3 Å². The van der Waals surface area contributed by atoms with E-state index in [4.69, 9.17) is 19.9 Å². The molecule has 234 valence electrons. The second-order valence-electron chi connectivity index (χ2n) is 11.2. The Bertz CT molecular complexity index is 1280. The number of likely N-dealkylation sites (tertiary alicyclic amines) is 1. The average Bonchev–Trinajstić information content (AvgIpc) is 3.60. The number of amidine groups is 1. The van der Waals surface area contributed by atoms with Gasteiger partial charge in [-0.3, -0.25) is 14.4 Å². The van der Waals surface area contributed by atoms with Crippen molar-refractivity contribution < 1.29 is 33.4 Å². The average molecular weight is 616 g/mol. The minimum absolute atomic E-state index is 0.00672. The summed E-state index contributed by atoms with van der Waals surface area (Å²) in [6.07, 6.45) is 0.381. The van der Waals surface area contributed by atoms with Crippen LogP contribution in [-0.2, 0) is 30.4 Å². The zero-order valence-corrected chi connectivity index (χ0v) is 25.9. The molecule has 1 fully saturated rings. The predicted molar refractivity (Wildman–Crippen MR) is 163 cm³/mol. The summed E-state index contributed by atoms with van der Waals surface area (Å²) in [4.78, 5) is 56.6. The number of ether oxygens (including phenoxy) is 3. The molecule has 1 saturated heterocycles. The van der Waals surface area contributed by atoms with E-state index in [1.807, 2.05) is 30.3 Å². The number of rotatable bonds is 13. The van der Waals surface area contributed by atoms with Crippen molar-refractivity contribution in [3.05, 3.63) is 52.2 Å². The number of nitrogens with zero attached hydrogens (tertiary/aromatic N) is 2. The monoisotopic (exact) mass is 615 g/mol. The van der Waals surface area contributed by atoms with Gasteiger partial charge in [0.15, 0.2) is 0 Å². The Kier molecular flexibility index (Phi) is 12.5. The van der Waals surface area contributed by atoms with Gasteiger partial charge < -0.3 is 35.5 Å². The van der Waals surface area contributed by atoms with E-state index in [1.54, 1.807) is 39.3 Å². The quantitative estimate of drug-likeness (QED) is 0.176. The van der Waals surface area contributed by atoms with Crippen molar-refractivity contribution in [2.24, 2.45) is 16.6 Å². The number of carbonyl (C=O) groups excluding carboxylic acids is 4. The molecular weight excluding hydrogens is 574 g/mol. The summed E-state index contributed by atoms with van der Waals surface area (Å²) in [7, 11) is 1.58. The molecule has 0 spiro atoms. The van der Waals surface area contributed by atoms with Crippen LogP contribution in [0.3, 0.4) is 0 Å². The maximum absolute atomic E-state index is 13.2. The number of aliphatic imine (C=N–C) groups is 1. The highest BCUT2D eigenvalue weighted by atomic mass is 32.1. The molecule has 12 nitrogen and oxygen atoms in total. The first kappa shape index (κ1) is 33.5. The van der Waals surface area contributed by atoms with E-state index in [0.29, 0.717) is 38.2 Å². The van der Waals surface area contributed by atoms with Crippen LogP contribution < -0.4 is 21.1 Å². The van der Waals surface area contributed by atoms with Gasteiger partial charge in [-0.15, -0.1) is 11.3 Å². The third-order valence-corrected chi connectivity index (χ3v) is 7.34. The molecule has 1 aliphatic rings. The van der Waals surface area contributed by atoms with Gasteiger partial charge in [0.2, 0.25) is 17.7 Å². The minimum atomic E-state index is -0.782. The van der Waals surface area contributed by atoms with E-state index in [0.717, 1.165) is 10.6 Å². The molecule has 0 saturated carbocycles. The van der Waals surface area contributed by atoms with Gasteiger partial charge in [-0.1, -0.05) is 18.2 Å². The Hall–Kier alpha value is -3.97. The first-order valence-corrected chi connectivity index (χ1v) is 15.0. The summed E-state index contributed by atoms with van der Waals surface area (Å²) in [5.74, 6) is -0.158. The molecule has 4 amide bonds. The fourth-order valence-electron chi connectivity index (χ4n) is 4.45. The third-order valence-electron chi connectivity index (χ3n) is 6.40. The van der Waals surface area contributed by atoms with Gasteiger partial charge in [0.25, 0.3) is 0 Å². The second-order valence-corrected chi connectivity index (χ2v) is 12.2. The Balaban J connectivity index is 1.49. The van der Waals surface area contributed by atoms with E-state index in [2.05, 4.69) is 15.6 Å². The molecule has 3 rings (SSSR count). The number of hydrogen-bond donors (Lipinski definition) is 3. The van der Waals surface area contributed by atoms with Crippen molar-refractivity contribution >= 4 is 41.0 Å². The summed E-state index contributed by atoms with van der Waals surface area (Å²) in [6.45, 7) is 6.36. The molecule has 0 aliphatic carbocycles. The number of benzene rings is 1. The Labute approximate surface area is 256 Å². The number of thiophene rings is 1. The van der Waals surface area contributed by atoms with E-state index < -0.39 is 17.7 Å². The van der Waals surface area contributed by atoms with Crippen LogP contribution in [0, 0.1) is 5.92 Å². The molecule has 0 bridgehead atoms. The summed E-state index contributed by atoms with van der Waals surface area (Å²) >= 11 is 1.35. The minimum Gasteiger partial charge on any atom is -0.494 e. The lowest BCUT2D eigenvalue weighted by Crippen LogP contribution is -2.48. The molecule has 2 heterocycles. The SMILES string of the molecule is COCC1CC(C(=O)NCc2cc(/C(N)=N/C(=O)OC(C)(C)C)cs2)N(C(=O)CNC(=O)CCCOc2ccccc2)C1. The molecule has 2 unspecified atom stereocenters. The lowest BCUT2D eigenvalue weighted by atomic mass is 10.1. The van der Waals surface area contributed by atoms with E-state index in [-0.39, 0.29) is 49.0 Å². The topological polar surface area (TPSA) is 162 Å². The van der Waals surface area contributed by atoms with Crippen molar-refractivity contribution in [2.75, 3.05) is 33.4 Å². The Morgan fingerprint density at radius 3 is 2.58 bits per heavy atom. The van der Waals surface area contributed by atoms with Gasteiger partial charge in [0.1, 0.15) is 23.2 Å². The van der Waals surface area contributed by atoms with Gasteiger partial charge >= 0.3 is 6.09 Å². The van der Waals surface area contributed by atoms with Crippen LogP contribution in [0.5, 0.6) is 5.75 Å². The summed E-state index contributed by atoms with van der Waals surface area (Å²) in [5, 5.41) is 7.28. The summed E-state index contributed by atoms with van der Waals surface area (Å²) < 4.78 is 16.0. The van der Waals surface area contributed by atoms with Gasteiger partial charge in [0, 0.05) is 41.8 Å². The highest BCUT2D eigenvalue weighted by molar-refractivity contribution is 7.10. The van der Waals surface area contributed by atoms with Gasteiger partial charge in [-0.25, -0.2) is 4.79 Å². The number of nitrogens with two attached hydrogens (primary N) is 1. The fourth-order valence-corrected chi connectivity index (χ4v) is 5.27. The summed E-state index contributed by atoms with van der Waals surface area (Å²) in [5.41, 5.74) is 5.82. The van der Waals surface area contributed by atoms with E-state index in [9.17, 15) is 19.2 Å². The Morgan fingerprint density at radius 2 is 1.88 bits per heavy atom. The molecule has 2 aromatic rings. The largest absolute Gasteiger partial charge is 0.494 e. The van der Waals surface area contributed by atoms with E-state index >= 15 is 0 Å². The molecular formula is C30H41N5O7S. The zero-order valence-electron chi connectivity index (χ0n) is 25.1. The van der Waals surface area contributed by atoms with Gasteiger partial charge in [-0.2, -0.15) is 4.99 Å². The van der Waals surface area contributed by atoms with Crippen LogP contribution in [-0.4, -0.2) is 79.6 Å². The number of nitrogens with one attached hydrogen (secondary N) is 2. The lowest BCUT2D eigenvalue weighted by molar-refractivity contribution is -0.138. The van der Waals surface area contributed by atoms with Crippen LogP contribution in [0.1, 0.15) is 50.5 Å². The maximum atomic E-state index is 13.2. The van der Waals surface area contributed by atoms with Crippen molar-refractivity contribution in [3.63, 3.8) is 0 Å². The predicted octanol–water partition coefficient (Wildman–Crippen LogP) is 2.84. The van der Waals surface area contributed by atoms with Crippen molar-refractivity contribution in [1.82, 2.24) is 15.5 Å². The van der Waals surface area contributed by atoms with Gasteiger partial charge in [-0.05, 0) is 51.8 Å². The van der Waals surface area contributed by atoms with Crippen molar-refractivity contribution in [3.8, 4) is 5.75 Å². The number of amides is 4. The lowest BCUT2D eigenvalue weighted by Gasteiger charge is -2.24. The molecule has 1 aliphatic heterocycles. The highest BCUT2D eigenvalue weighted by Crippen LogP contribution is 2.24. The highest BCUT2D eigenvalue weighted by Gasteiger charge is 2.39. The van der Waals surface area contributed by atoms with Crippen molar-refractivity contribution in [2.45, 2.75) is 58.2 Å². The third kappa shape index (κ3) is 11.3. The molecule has 0 radical (unpaired) electrons. The molecule has 43 heavy (non-hydrogen) atoms. The van der Waals surface area contributed by atoms with Crippen molar-refractivity contribution in [1.29, 1.82) is 0 Å². The standard InChI is InChI=1S/C30H41N5O7S/c1-30(2,3)42-29(39)34-27(31)21-14-23(43-19-21)15-33-28(38)24-13-20(18-40-4)17-35(24)26(37)16-32-25(36)11-8-12-41-22-9-6-5-7-10-22/h5-7,9-10,14,19-20,24H,8,11-13,15-18H2,1-4H3,(H,32,36)(H,33,38)(H2,31,34,39). The van der Waals surface area contributed by atoms with Crippen LogP contribution in [0.15, 0.2) is 46.8 Å². The molecule has 2 atom stereocenters. The summed E-state index contributed by atoms with van der Waals surface area (Å²) in [6, 6.07) is 10.4. The zero-order chi connectivity index (χ0) is 31.4. The number of methoxy groups -OCH3 is 1. The van der Waals surface area contributed by atoms with E-state index in [1.165, 1.54) is 16.2 Å². The fraction of sp³-hybridized carbons (Fsp3) is 0.500. The molecule has 13 heteroatoms. The van der Waals surface area contributed by atoms with Crippen LogP contribution in [0.2, 0.25) is 0 Å². The van der Waals surface area contributed by atoms with Crippen LogP contribution in [0.4, 0.5) is 4.79 Å². The number of hydrogen-bond acceptors (Lipinski definition) is 8. The smallest absolute Gasteiger partial charge is 0.436 e. The first-order chi connectivity index (χ1) is 20.4. The normalized spacial score (nSPS) is 16.9. The van der Waals surface area contributed by atoms with Gasteiger partial charge in [0.05, 0.1) is 26.3 Å². The first-order valence-electron chi connectivity index (χ1n) is 14.1. The number of carbonyl (C=O) groups is 4.